The van der Waals surface area contributed by atoms with Gasteiger partial charge in [0.1, 0.15) is 23.4 Å². The average molecular weight is 587 g/mol. The lowest BCUT2D eigenvalue weighted by Gasteiger charge is -2.28. The quantitative estimate of drug-likeness (QED) is 0.205. The van der Waals surface area contributed by atoms with Crippen LogP contribution in [0.1, 0.15) is 48.9 Å². The molecule has 0 radical (unpaired) electrons. The molecular formula is C27H31FN6O6S. The van der Waals surface area contributed by atoms with Crippen LogP contribution in [0.2, 0.25) is 0 Å². The SMILES string of the molecule is COc1cc2c(NS(=O)(=O)c3c(OC)ccc(C4CC(F)CCN4)c3OC)noc2cc1Nc1cc(C2CC2)[nH]n1. The number of H-pyrrole nitrogens is 1. The van der Waals surface area contributed by atoms with E-state index >= 15 is 0 Å². The molecule has 41 heavy (non-hydrogen) atoms. The van der Waals surface area contributed by atoms with Crippen LogP contribution in [-0.2, 0) is 10.0 Å². The van der Waals surface area contributed by atoms with Gasteiger partial charge in [0.2, 0.25) is 0 Å². The van der Waals surface area contributed by atoms with Crippen molar-refractivity contribution in [3.8, 4) is 17.2 Å². The van der Waals surface area contributed by atoms with Crippen LogP contribution in [0.5, 0.6) is 17.2 Å². The van der Waals surface area contributed by atoms with Gasteiger partial charge in [-0.15, -0.1) is 0 Å². The van der Waals surface area contributed by atoms with E-state index < -0.39 is 22.2 Å². The van der Waals surface area contributed by atoms with E-state index in [4.69, 9.17) is 18.7 Å². The number of nitrogens with zero attached hydrogens (tertiary/aromatic N) is 2. The monoisotopic (exact) mass is 586 g/mol. The first kappa shape index (κ1) is 27.1. The number of sulfonamides is 1. The second kappa shape index (κ2) is 10.7. The molecule has 1 saturated heterocycles. The number of fused-ring (bicyclic) bond motifs is 1. The van der Waals surface area contributed by atoms with Crippen LogP contribution >= 0.6 is 0 Å². The maximum Gasteiger partial charge on any atom is 0.270 e. The molecule has 218 valence electrons. The second-order valence-corrected chi connectivity index (χ2v) is 11.8. The van der Waals surface area contributed by atoms with Gasteiger partial charge in [-0.3, -0.25) is 9.82 Å². The molecular weight excluding hydrogens is 555 g/mol. The summed E-state index contributed by atoms with van der Waals surface area (Å²) in [7, 11) is -0.0921. The van der Waals surface area contributed by atoms with Gasteiger partial charge >= 0.3 is 0 Å². The zero-order valence-corrected chi connectivity index (χ0v) is 23.6. The number of alkyl halides is 1. The molecule has 2 aromatic carbocycles. The molecule has 12 nitrogen and oxygen atoms in total. The molecule has 1 aliphatic heterocycles. The van der Waals surface area contributed by atoms with Gasteiger partial charge in [-0.05, 0) is 50.4 Å². The summed E-state index contributed by atoms with van der Waals surface area (Å²) in [6.45, 7) is 0.465. The maximum atomic E-state index is 14.2. The third-order valence-corrected chi connectivity index (χ3v) is 8.80. The minimum atomic E-state index is -4.33. The van der Waals surface area contributed by atoms with Gasteiger partial charge in [-0.25, -0.2) is 12.8 Å². The number of methoxy groups -OCH3 is 3. The van der Waals surface area contributed by atoms with E-state index in [1.54, 1.807) is 18.2 Å². The topological polar surface area (TPSA) is 153 Å². The van der Waals surface area contributed by atoms with Gasteiger partial charge in [0.05, 0.1) is 32.4 Å². The highest BCUT2D eigenvalue weighted by Crippen LogP contribution is 2.43. The number of hydrogen-bond acceptors (Lipinski definition) is 10. The van der Waals surface area contributed by atoms with Crippen LogP contribution < -0.4 is 29.6 Å². The summed E-state index contributed by atoms with van der Waals surface area (Å²) in [6, 6.07) is 8.03. The number of ether oxygens (including phenoxy) is 3. The normalized spacial score (nSPS) is 19.2. The first-order valence-corrected chi connectivity index (χ1v) is 14.7. The predicted molar refractivity (Wildman–Crippen MR) is 150 cm³/mol. The van der Waals surface area contributed by atoms with Crippen molar-refractivity contribution in [3.63, 3.8) is 0 Å². The predicted octanol–water partition coefficient (Wildman–Crippen LogP) is 4.76. The Labute approximate surface area is 236 Å². The fourth-order valence-electron chi connectivity index (χ4n) is 5.19. The third-order valence-electron chi connectivity index (χ3n) is 7.42. The van der Waals surface area contributed by atoms with E-state index in [-0.39, 0.29) is 28.6 Å². The Hall–Kier alpha value is -4.04. The largest absolute Gasteiger partial charge is 0.495 e. The van der Waals surface area contributed by atoms with Crippen molar-refractivity contribution in [2.45, 2.75) is 48.7 Å². The summed E-state index contributed by atoms with van der Waals surface area (Å²) in [6.07, 6.45) is 1.87. The lowest BCUT2D eigenvalue weighted by atomic mass is 9.95. The number of anilines is 3. The fraction of sp³-hybridized carbons (Fsp3) is 0.407. The van der Waals surface area contributed by atoms with Gasteiger partial charge in [-0.2, -0.15) is 5.10 Å². The van der Waals surface area contributed by atoms with Crippen molar-refractivity contribution in [2.24, 2.45) is 0 Å². The third kappa shape index (κ3) is 5.24. The Kier molecular flexibility index (Phi) is 7.11. The molecule has 3 heterocycles. The van der Waals surface area contributed by atoms with Crippen LogP contribution in [0, 0.1) is 0 Å². The number of piperidine rings is 1. The Bertz CT molecular complexity index is 1680. The zero-order valence-electron chi connectivity index (χ0n) is 22.8. The molecule has 2 atom stereocenters. The number of aromatic amines is 1. The number of hydrogen-bond donors (Lipinski definition) is 4. The summed E-state index contributed by atoms with van der Waals surface area (Å²) >= 11 is 0. The lowest BCUT2D eigenvalue weighted by Crippen LogP contribution is -2.33. The van der Waals surface area contributed by atoms with E-state index in [9.17, 15) is 12.8 Å². The Morgan fingerprint density at radius 2 is 1.85 bits per heavy atom. The molecule has 0 amide bonds. The average Bonchev–Trinajstić information content (AvgIpc) is 3.61. The number of benzene rings is 2. The molecule has 4 N–H and O–H groups in total. The zero-order chi connectivity index (χ0) is 28.7. The van der Waals surface area contributed by atoms with E-state index in [0.29, 0.717) is 52.7 Å². The fourth-order valence-corrected chi connectivity index (χ4v) is 6.56. The molecule has 1 saturated carbocycles. The molecule has 4 aromatic rings. The Balaban J connectivity index is 1.34. The van der Waals surface area contributed by atoms with Gasteiger partial charge < -0.3 is 29.4 Å². The molecule has 0 spiro atoms. The summed E-state index contributed by atoms with van der Waals surface area (Å²) < 4.78 is 66.4. The van der Waals surface area contributed by atoms with Crippen LogP contribution in [0.3, 0.4) is 0 Å². The van der Waals surface area contributed by atoms with Crippen molar-refractivity contribution < 1.29 is 31.5 Å². The molecule has 2 aromatic heterocycles. The Morgan fingerprint density at radius 1 is 1.05 bits per heavy atom. The first-order chi connectivity index (χ1) is 19.8. The minimum absolute atomic E-state index is 0.0465. The van der Waals surface area contributed by atoms with Gasteiger partial charge in [0.25, 0.3) is 10.0 Å². The summed E-state index contributed by atoms with van der Waals surface area (Å²) in [5.41, 5.74) is 2.47. The lowest BCUT2D eigenvalue weighted by molar-refractivity contribution is 0.221. The van der Waals surface area contributed by atoms with Gasteiger partial charge in [-0.1, -0.05) is 5.16 Å². The van der Waals surface area contributed by atoms with E-state index in [2.05, 4.69) is 30.7 Å². The Morgan fingerprint density at radius 3 is 2.56 bits per heavy atom. The van der Waals surface area contributed by atoms with E-state index in [1.165, 1.54) is 27.4 Å². The van der Waals surface area contributed by atoms with Crippen LogP contribution in [0.4, 0.5) is 21.7 Å². The summed E-state index contributed by atoms with van der Waals surface area (Å²) in [5.74, 6) is 1.64. The highest BCUT2D eigenvalue weighted by atomic mass is 32.2. The first-order valence-electron chi connectivity index (χ1n) is 13.3. The van der Waals surface area contributed by atoms with Crippen molar-refractivity contribution >= 4 is 38.3 Å². The molecule has 0 bridgehead atoms. The highest BCUT2D eigenvalue weighted by molar-refractivity contribution is 7.93. The highest BCUT2D eigenvalue weighted by Gasteiger charge is 2.33. The maximum absolute atomic E-state index is 14.2. The summed E-state index contributed by atoms with van der Waals surface area (Å²) in [5, 5.41) is 18.2. The molecule has 2 unspecified atom stereocenters. The molecule has 6 rings (SSSR count). The van der Waals surface area contributed by atoms with Crippen molar-refractivity contribution in [3.05, 3.63) is 41.6 Å². The van der Waals surface area contributed by atoms with Crippen LogP contribution in [-0.4, -0.2) is 57.8 Å². The van der Waals surface area contributed by atoms with Crippen LogP contribution in [0.25, 0.3) is 11.0 Å². The number of rotatable bonds is 10. The van der Waals surface area contributed by atoms with Crippen molar-refractivity contribution in [1.29, 1.82) is 0 Å². The minimum Gasteiger partial charge on any atom is -0.495 e. The smallest absolute Gasteiger partial charge is 0.270 e. The van der Waals surface area contributed by atoms with E-state index in [1.807, 2.05) is 6.07 Å². The van der Waals surface area contributed by atoms with E-state index in [0.717, 1.165) is 18.5 Å². The molecule has 2 fully saturated rings. The second-order valence-electron chi connectivity index (χ2n) is 10.1. The summed E-state index contributed by atoms with van der Waals surface area (Å²) in [4.78, 5) is -0.228. The van der Waals surface area contributed by atoms with Gasteiger partial charge in [0, 0.05) is 35.3 Å². The van der Waals surface area contributed by atoms with Gasteiger partial charge in [0.15, 0.2) is 22.1 Å². The van der Waals surface area contributed by atoms with Crippen LogP contribution in [0.15, 0.2) is 39.8 Å². The molecule has 2 aliphatic rings. The number of aromatic nitrogens is 3. The molecule has 1 aliphatic carbocycles. The van der Waals surface area contributed by atoms with Crippen molar-refractivity contribution in [2.75, 3.05) is 37.9 Å². The number of nitrogens with one attached hydrogen (secondary N) is 4. The van der Waals surface area contributed by atoms with Crippen molar-refractivity contribution in [1.82, 2.24) is 20.7 Å². The standard InChI is InChI=1S/C27H31FN6O6S/c1-37-21-7-6-16(19-10-15(28)8-9-29-19)25(39-3)26(21)41(35,36)34-27-17-11-23(38-2)20(12-22(17)40-33-27)30-24-13-18(31-32-24)14-4-5-14/h6-7,11-15,19,29H,4-5,8-10H2,1-3H3,(H,33,34)(H2,30,31,32). The molecule has 14 heteroatoms. The number of halogens is 1.